The lowest BCUT2D eigenvalue weighted by Gasteiger charge is -2.39. The fourth-order valence-corrected chi connectivity index (χ4v) is 7.31. The summed E-state index contributed by atoms with van der Waals surface area (Å²) in [6.07, 6.45) is 3.61. The van der Waals surface area contributed by atoms with Gasteiger partial charge in [-0.15, -0.1) is 16.9 Å². The van der Waals surface area contributed by atoms with Crippen LogP contribution in [0, 0.1) is 6.07 Å². The molecule has 0 amide bonds. The molecule has 0 N–H and O–H groups in total. The van der Waals surface area contributed by atoms with Crippen LogP contribution in [0.25, 0.3) is 22.2 Å². The van der Waals surface area contributed by atoms with Gasteiger partial charge in [-0.3, -0.25) is 0 Å². The summed E-state index contributed by atoms with van der Waals surface area (Å²) in [4.78, 5) is 1.27. The first-order chi connectivity index (χ1) is 22.0. The van der Waals surface area contributed by atoms with Gasteiger partial charge in [0.05, 0.1) is 11.1 Å². The van der Waals surface area contributed by atoms with E-state index in [1.54, 1.807) is 11.8 Å². The van der Waals surface area contributed by atoms with Crippen LogP contribution < -0.4 is 0 Å². The van der Waals surface area contributed by atoms with Gasteiger partial charge in [0, 0.05) is 17.7 Å². The molecule has 6 aromatic rings. The molecule has 1 aromatic heterocycles. The number of hydrogen-bond donors (Lipinski definition) is 0. The molecule has 0 fully saturated rings. The number of para-hydroxylation sites is 1. The molecule has 0 aliphatic heterocycles. The van der Waals surface area contributed by atoms with Gasteiger partial charge in [0.2, 0.25) is 0 Å². The van der Waals surface area contributed by atoms with Crippen LogP contribution in [0.2, 0.25) is 0 Å². The Hall–Kier alpha value is -4.15. The number of fused-ring (bicyclic) bond motifs is 1. The molecule has 1 unspecified atom stereocenters. The minimum atomic E-state index is -0.560. The Morgan fingerprint density at radius 1 is 0.696 bits per heavy atom. The normalized spacial score (nSPS) is 13.5. The third-order valence-corrected chi connectivity index (χ3v) is 9.73. The third-order valence-electron chi connectivity index (χ3n) is 8.98. The molecule has 6 rings (SSSR count). The number of aromatic nitrogens is 3. The first-order valence-electron chi connectivity index (χ1n) is 16.1. The van der Waals surface area contributed by atoms with Gasteiger partial charge in [-0.2, -0.15) is 0 Å². The van der Waals surface area contributed by atoms with Crippen LogP contribution in [0.1, 0.15) is 69.4 Å². The lowest BCUT2D eigenvalue weighted by atomic mass is 9.70. The fraction of sp³-hybridized carbons (Fsp3) is 0.286. The Balaban J connectivity index is 1.60. The van der Waals surface area contributed by atoms with E-state index in [2.05, 4.69) is 168 Å². The van der Waals surface area contributed by atoms with Gasteiger partial charge in [-0.25, -0.2) is 4.68 Å². The fourth-order valence-electron chi connectivity index (χ4n) is 6.91. The van der Waals surface area contributed by atoms with E-state index in [-0.39, 0.29) is 10.8 Å². The van der Waals surface area contributed by atoms with Crippen LogP contribution in [-0.2, 0) is 29.2 Å². The molecular formula is C42H44N3S. The number of hydrogen-bond acceptors (Lipinski definition) is 3. The first kappa shape index (κ1) is 31.8. The smallest absolute Gasteiger partial charge is 0.113 e. The number of rotatable bonds is 8. The van der Waals surface area contributed by atoms with Gasteiger partial charge in [0.1, 0.15) is 5.52 Å². The summed E-state index contributed by atoms with van der Waals surface area (Å²) >= 11 is 1.77. The van der Waals surface area contributed by atoms with Gasteiger partial charge in [0.25, 0.3) is 0 Å². The molecular weight excluding hydrogens is 579 g/mol. The van der Waals surface area contributed by atoms with E-state index in [4.69, 9.17) is 10.3 Å². The predicted molar refractivity (Wildman–Crippen MR) is 195 cm³/mol. The highest BCUT2D eigenvalue weighted by Crippen LogP contribution is 2.42. The van der Waals surface area contributed by atoms with Gasteiger partial charge >= 0.3 is 0 Å². The van der Waals surface area contributed by atoms with E-state index in [9.17, 15) is 0 Å². The maximum absolute atomic E-state index is 4.96. The van der Waals surface area contributed by atoms with E-state index in [0.717, 1.165) is 23.9 Å². The highest BCUT2D eigenvalue weighted by atomic mass is 32.2. The Bertz CT molecular complexity index is 1940. The predicted octanol–water partition coefficient (Wildman–Crippen LogP) is 10.4. The average Bonchev–Trinajstić information content (AvgIpc) is 3.49. The molecule has 4 heteroatoms. The highest BCUT2D eigenvalue weighted by molar-refractivity contribution is 7.98. The maximum atomic E-state index is 4.96. The molecule has 1 radical (unpaired) electrons. The van der Waals surface area contributed by atoms with Crippen LogP contribution in [0.15, 0.2) is 120 Å². The van der Waals surface area contributed by atoms with E-state index < -0.39 is 5.54 Å². The zero-order valence-electron chi connectivity index (χ0n) is 28.1. The van der Waals surface area contributed by atoms with E-state index >= 15 is 0 Å². The van der Waals surface area contributed by atoms with Crippen molar-refractivity contribution in [2.45, 2.75) is 75.6 Å². The standard InChI is InChI=1S/C42H44N3S/c1-40(2,3)36-20-14-17-33(39(36)41(4,5)6)29-42(34-18-9-8-10-19-34,45-38-22-12-11-21-37(38)43-44-45)28-30-15-13-16-32(27-30)31-23-25-35(46-7)26-24-31/h8-19,21-27H,28-29H2,1-7H3. The number of nitrogens with zero attached hydrogens (tertiary/aromatic N) is 3. The second-order valence-electron chi connectivity index (χ2n) is 14.4. The molecule has 0 saturated heterocycles. The minimum Gasteiger partial charge on any atom is -0.233 e. The van der Waals surface area contributed by atoms with Gasteiger partial charge in [-0.1, -0.05) is 138 Å². The second kappa shape index (κ2) is 12.6. The van der Waals surface area contributed by atoms with E-state index in [0.29, 0.717) is 0 Å². The molecule has 3 nitrogen and oxygen atoms in total. The van der Waals surface area contributed by atoms with Gasteiger partial charge < -0.3 is 0 Å². The van der Waals surface area contributed by atoms with Crippen molar-refractivity contribution in [2.24, 2.45) is 0 Å². The number of thioether (sulfide) groups is 1. The Kier molecular flexibility index (Phi) is 8.69. The molecule has 233 valence electrons. The highest BCUT2D eigenvalue weighted by Gasteiger charge is 2.40. The molecule has 1 atom stereocenters. The van der Waals surface area contributed by atoms with Crippen LogP contribution in [-0.4, -0.2) is 21.2 Å². The summed E-state index contributed by atoms with van der Waals surface area (Å²) in [5.74, 6) is 0. The Labute approximate surface area is 279 Å². The van der Waals surface area contributed by atoms with Crippen molar-refractivity contribution in [2.75, 3.05) is 6.26 Å². The zero-order chi connectivity index (χ0) is 32.5. The Morgan fingerprint density at radius 3 is 2.11 bits per heavy atom. The summed E-state index contributed by atoms with van der Waals surface area (Å²) in [5.41, 5.74) is 10.1. The Morgan fingerprint density at radius 2 is 1.41 bits per heavy atom. The monoisotopic (exact) mass is 622 g/mol. The lowest BCUT2D eigenvalue weighted by molar-refractivity contribution is 0.314. The summed E-state index contributed by atoms with van der Waals surface area (Å²) in [7, 11) is 0. The second-order valence-corrected chi connectivity index (χ2v) is 15.3. The summed E-state index contributed by atoms with van der Waals surface area (Å²) in [6.45, 7) is 13.9. The van der Waals surface area contributed by atoms with Crippen molar-refractivity contribution in [3.05, 3.63) is 149 Å². The molecule has 1 heterocycles. The molecule has 0 saturated carbocycles. The topological polar surface area (TPSA) is 30.7 Å². The average molecular weight is 623 g/mol. The maximum Gasteiger partial charge on any atom is 0.113 e. The molecule has 5 aromatic carbocycles. The minimum absolute atomic E-state index is 0.0475. The van der Waals surface area contributed by atoms with Gasteiger partial charge in [0.15, 0.2) is 0 Å². The molecule has 0 spiro atoms. The summed E-state index contributed by atoms with van der Waals surface area (Å²) in [6, 6.07) is 45.2. The van der Waals surface area contributed by atoms with Crippen molar-refractivity contribution in [3.8, 4) is 11.1 Å². The summed E-state index contributed by atoms with van der Waals surface area (Å²) in [5, 5.41) is 9.66. The van der Waals surface area contributed by atoms with Crippen LogP contribution >= 0.6 is 11.8 Å². The van der Waals surface area contributed by atoms with Crippen LogP contribution in [0.4, 0.5) is 0 Å². The molecule has 46 heavy (non-hydrogen) atoms. The molecule has 0 bridgehead atoms. The molecule has 0 aliphatic carbocycles. The molecule has 0 aliphatic rings. The van der Waals surface area contributed by atoms with Crippen molar-refractivity contribution >= 4 is 22.8 Å². The van der Waals surface area contributed by atoms with Crippen LogP contribution in [0.5, 0.6) is 0 Å². The van der Waals surface area contributed by atoms with Crippen molar-refractivity contribution in [1.29, 1.82) is 0 Å². The quantitative estimate of drug-likeness (QED) is 0.158. The van der Waals surface area contributed by atoms with E-state index in [1.807, 2.05) is 6.07 Å². The van der Waals surface area contributed by atoms with Crippen molar-refractivity contribution in [1.82, 2.24) is 15.0 Å². The first-order valence-corrected chi connectivity index (χ1v) is 17.4. The lowest BCUT2D eigenvalue weighted by Crippen LogP contribution is -2.41. The van der Waals surface area contributed by atoms with Crippen LogP contribution in [0.3, 0.4) is 0 Å². The van der Waals surface area contributed by atoms with Crippen molar-refractivity contribution in [3.63, 3.8) is 0 Å². The van der Waals surface area contributed by atoms with Crippen molar-refractivity contribution < 1.29 is 0 Å². The van der Waals surface area contributed by atoms with Gasteiger partial charge in [-0.05, 0) is 86.4 Å². The zero-order valence-corrected chi connectivity index (χ0v) is 29.0. The largest absolute Gasteiger partial charge is 0.233 e. The number of benzene rings is 5. The third kappa shape index (κ3) is 6.28. The SMILES string of the molecule is CSc1ccc(-c2cccc(CC(Cc3cc[c]c(C(C)(C)C)c3C(C)(C)C)(c3ccccc3)n3nnc4ccccc43)c2)cc1. The van der Waals surface area contributed by atoms with E-state index in [1.165, 1.54) is 43.8 Å². The summed E-state index contributed by atoms with van der Waals surface area (Å²) < 4.78 is 2.21.